The molecule has 2 rings (SSSR count). The molecule has 0 amide bonds. The first-order valence-electron chi connectivity index (χ1n) is 5.59. The van der Waals surface area contributed by atoms with Crippen LogP contribution in [0, 0.1) is 0 Å². The second-order valence-corrected chi connectivity index (χ2v) is 5.06. The lowest BCUT2D eigenvalue weighted by atomic mass is 10.3. The van der Waals surface area contributed by atoms with E-state index in [0.29, 0.717) is 21.7 Å². The monoisotopic (exact) mass is 275 g/mol. The van der Waals surface area contributed by atoms with Gasteiger partial charge in [-0.2, -0.15) is 0 Å². The highest BCUT2D eigenvalue weighted by molar-refractivity contribution is 6.37. The molecule has 1 fully saturated rings. The molecule has 1 aromatic heterocycles. The van der Waals surface area contributed by atoms with Gasteiger partial charge in [0.15, 0.2) is 0 Å². The smallest absolute Gasteiger partial charge is 0.147 e. The highest BCUT2D eigenvalue weighted by Crippen LogP contribution is 2.40. The number of nitrogens with one attached hydrogen (secondary N) is 2. The summed E-state index contributed by atoms with van der Waals surface area (Å²) in [5, 5.41) is 16.5. The van der Waals surface area contributed by atoms with Gasteiger partial charge in [0.1, 0.15) is 11.6 Å². The Morgan fingerprint density at radius 2 is 2.00 bits per heavy atom. The maximum absolute atomic E-state index is 9.26. The Morgan fingerprint density at radius 3 is 2.53 bits per heavy atom. The van der Waals surface area contributed by atoms with Crippen molar-refractivity contribution in [3.8, 4) is 0 Å². The van der Waals surface area contributed by atoms with Crippen molar-refractivity contribution in [2.75, 3.05) is 23.8 Å². The average molecular weight is 276 g/mol. The molecule has 0 radical (unpaired) electrons. The van der Waals surface area contributed by atoms with E-state index < -0.39 is 0 Å². The van der Waals surface area contributed by atoms with Crippen molar-refractivity contribution in [1.82, 2.24) is 4.98 Å². The molecule has 0 saturated heterocycles. The first-order valence-corrected chi connectivity index (χ1v) is 6.35. The van der Waals surface area contributed by atoms with Gasteiger partial charge in [-0.3, -0.25) is 0 Å². The van der Waals surface area contributed by atoms with Gasteiger partial charge in [0.2, 0.25) is 0 Å². The van der Waals surface area contributed by atoms with Crippen molar-refractivity contribution in [3.63, 3.8) is 0 Å². The number of aromatic nitrogens is 1. The lowest BCUT2D eigenvalue weighted by Crippen LogP contribution is -2.26. The number of hydrogen-bond acceptors (Lipinski definition) is 4. The minimum Gasteiger partial charge on any atom is -0.394 e. The van der Waals surface area contributed by atoms with E-state index in [0.717, 1.165) is 19.4 Å². The quantitative estimate of drug-likeness (QED) is 0.774. The molecule has 0 spiro atoms. The molecule has 0 unspecified atom stereocenters. The molecule has 0 aliphatic heterocycles. The summed E-state index contributed by atoms with van der Waals surface area (Å²) < 4.78 is 0. The van der Waals surface area contributed by atoms with Gasteiger partial charge < -0.3 is 15.7 Å². The van der Waals surface area contributed by atoms with Crippen LogP contribution in [0.3, 0.4) is 0 Å². The van der Waals surface area contributed by atoms with E-state index in [9.17, 15) is 5.11 Å². The summed E-state index contributed by atoms with van der Waals surface area (Å²) in [7, 11) is 0. The molecule has 1 heterocycles. The molecule has 0 atom stereocenters. The molecular formula is C11H15Cl2N3O. The molecular weight excluding hydrogens is 261 g/mol. The van der Waals surface area contributed by atoms with Gasteiger partial charge in [-0.15, -0.1) is 0 Å². The van der Waals surface area contributed by atoms with Gasteiger partial charge in [0.05, 0.1) is 22.2 Å². The maximum Gasteiger partial charge on any atom is 0.147 e. The van der Waals surface area contributed by atoms with E-state index in [1.54, 1.807) is 6.07 Å². The standard InChI is InChI=1S/C11H15Cl2N3O/c1-2-14-9-7(12)5-8(13)10(15-9)16-11(6-17)3-4-11/h5,17H,2-4,6H2,1H3,(H2,14,15,16). The molecule has 17 heavy (non-hydrogen) atoms. The number of hydrogen-bond donors (Lipinski definition) is 3. The molecule has 94 valence electrons. The van der Waals surface area contributed by atoms with E-state index in [4.69, 9.17) is 23.2 Å². The molecule has 4 nitrogen and oxygen atoms in total. The molecule has 0 bridgehead atoms. The van der Waals surface area contributed by atoms with E-state index in [1.807, 2.05) is 6.92 Å². The van der Waals surface area contributed by atoms with Crippen LogP contribution in [0.25, 0.3) is 0 Å². The molecule has 1 aliphatic carbocycles. The number of anilines is 2. The Morgan fingerprint density at radius 1 is 1.35 bits per heavy atom. The summed E-state index contributed by atoms with van der Waals surface area (Å²) in [6.07, 6.45) is 1.86. The summed E-state index contributed by atoms with van der Waals surface area (Å²) in [5.41, 5.74) is -0.242. The second-order valence-electron chi connectivity index (χ2n) is 4.24. The minimum absolute atomic E-state index is 0.0875. The summed E-state index contributed by atoms with van der Waals surface area (Å²) >= 11 is 12.1. The highest BCUT2D eigenvalue weighted by atomic mass is 35.5. The predicted octanol–water partition coefficient (Wildman–Crippen LogP) is 2.76. The third kappa shape index (κ3) is 2.76. The maximum atomic E-state index is 9.26. The Balaban J connectivity index is 2.24. The van der Waals surface area contributed by atoms with Gasteiger partial charge >= 0.3 is 0 Å². The summed E-state index contributed by atoms with van der Waals surface area (Å²) in [6, 6.07) is 1.66. The zero-order valence-corrected chi connectivity index (χ0v) is 11.1. The van der Waals surface area contributed by atoms with Crippen LogP contribution in [0.4, 0.5) is 11.6 Å². The molecule has 1 saturated carbocycles. The van der Waals surface area contributed by atoms with Crippen molar-refractivity contribution in [2.24, 2.45) is 0 Å². The van der Waals surface area contributed by atoms with Gasteiger partial charge in [-0.1, -0.05) is 23.2 Å². The molecule has 3 N–H and O–H groups in total. The summed E-state index contributed by atoms with van der Waals surface area (Å²) in [4.78, 5) is 4.34. The van der Waals surface area contributed by atoms with E-state index in [2.05, 4.69) is 15.6 Å². The lowest BCUT2D eigenvalue weighted by Gasteiger charge is -2.17. The first kappa shape index (κ1) is 12.7. The van der Waals surface area contributed by atoms with Crippen LogP contribution >= 0.6 is 23.2 Å². The largest absolute Gasteiger partial charge is 0.394 e. The third-order valence-corrected chi connectivity index (χ3v) is 3.39. The lowest BCUT2D eigenvalue weighted by molar-refractivity contribution is 0.266. The summed E-state index contributed by atoms with van der Waals surface area (Å²) in [6.45, 7) is 2.79. The first-order chi connectivity index (χ1) is 8.10. The van der Waals surface area contributed by atoms with E-state index in [1.165, 1.54) is 0 Å². The van der Waals surface area contributed by atoms with E-state index in [-0.39, 0.29) is 12.1 Å². The van der Waals surface area contributed by atoms with Gasteiger partial charge in [0.25, 0.3) is 0 Å². The number of pyridine rings is 1. The molecule has 6 heteroatoms. The number of aliphatic hydroxyl groups excluding tert-OH is 1. The van der Waals surface area contributed by atoms with Crippen LogP contribution in [-0.4, -0.2) is 28.8 Å². The Kier molecular flexibility index (Phi) is 3.66. The van der Waals surface area contributed by atoms with E-state index >= 15 is 0 Å². The number of aliphatic hydroxyl groups is 1. The van der Waals surface area contributed by atoms with Crippen LogP contribution < -0.4 is 10.6 Å². The van der Waals surface area contributed by atoms with Gasteiger partial charge in [0, 0.05) is 6.54 Å². The van der Waals surface area contributed by atoms with Crippen molar-refractivity contribution in [2.45, 2.75) is 25.3 Å². The third-order valence-electron chi connectivity index (χ3n) is 2.81. The predicted molar refractivity (Wildman–Crippen MR) is 71.1 cm³/mol. The Labute approximate surface area is 110 Å². The average Bonchev–Trinajstić information content (AvgIpc) is 3.06. The fraction of sp³-hybridized carbons (Fsp3) is 0.545. The number of halogens is 2. The van der Waals surface area contributed by atoms with Crippen molar-refractivity contribution in [1.29, 1.82) is 0 Å². The van der Waals surface area contributed by atoms with Crippen molar-refractivity contribution < 1.29 is 5.11 Å². The molecule has 0 aromatic carbocycles. The van der Waals surface area contributed by atoms with Crippen molar-refractivity contribution >= 4 is 34.8 Å². The van der Waals surface area contributed by atoms with Crippen LogP contribution in [0.1, 0.15) is 19.8 Å². The van der Waals surface area contributed by atoms with Gasteiger partial charge in [-0.25, -0.2) is 4.98 Å². The topological polar surface area (TPSA) is 57.2 Å². The molecule has 1 aliphatic rings. The normalized spacial score (nSPS) is 16.7. The second kappa shape index (κ2) is 4.88. The minimum atomic E-state index is -0.242. The van der Waals surface area contributed by atoms with Crippen LogP contribution in [-0.2, 0) is 0 Å². The fourth-order valence-corrected chi connectivity index (χ4v) is 2.04. The zero-order valence-electron chi connectivity index (χ0n) is 9.56. The van der Waals surface area contributed by atoms with Crippen LogP contribution in [0.2, 0.25) is 10.0 Å². The van der Waals surface area contributed by atoms with Gasteiger partial charge in [-0.05, 0) is 25.8 Å². The highest BCUT2D eigenvalue weighted by Gasteiger charge is 2.42. The van der Waals surface area contributed by atoms with Crippen LogP contribution in [0.5, 0.6) is 0 Å². The SMILES string of the molecule is CCNc1nc(NC2(CO)CC2)c(Cl)cc1Cl. The Bertz CT molecular complexity index is 421. The Hall–Kier alpha value is -0.710. The van der Waals surface area contributed by atoms with Crippen molar-refractivity contribution in [3.05, 3.63) is 16.1 Å². The molecule has 1 aromatic rings. The number of rotatable bonds is 5. The summed E-state index contributed by atoms with van der Waals surface area (Å²) in [5.74, 6) is 1.17. The van der Waals surface area contributed by atoms with Crippen LogP contribution in [0.15, 0.2) is 6.07 Å². The number of nitrogens with zero attached hydrogens (tertiary/aromatic N) is 1. The zero-order chi connectivity index (χ0) is 12.5. The fourth-order valence-electron chi connectivity index (χ4n) is 1.57.